The van der Waals surface area contributed by atoms with E-state index < -0.39 is 0 Å². The number of nitrogens with zero attached hydrogens (tertiary/aromatic N) is 1. The zero-order valence-electron chi connectivity index (χ0n) is 8.67. The summed E-state index contributed by atoms with van der Waals surface area (Å²) in [6, 6.07) is 4.27. The molecule has 1 aromatic heterocycles. The maximum atomic E-state index is 5.85. The minimum absolute atomic E-state index is 0.0430. The molecule has 1 atom stereocenters. The zero-order valence-corrected chi connectivity index (χ0v) is 8.67. The van der Waals surface area contributed by atoms with Crippen molar-refractivity contribution in [2.75, 3.05) is 0 Å². The average Bonchev–Trinajstić information content (AvgIpc) is 2.16. The third-order valence-corrected chi connectivity index (χ3v) is 2.24. The van der Waals surface area contributed by atoms with Crippen molar-refractivity contribution in [3.63, 3.8) is 0 Å². The molecular formula is C11H18N2. The smallest absolute Gasteiger partial charge is 0.0603 e. The van der Waals surface area contributed by atoms with Crippen molar-refractivity contribution in [1.29, 1.82) is 0 Å². The zero-order chi connectivity index (χ0) is 9.84. The minimum atomic E-state index is 0.0430. The Morgan fingerprint density at radius 3 is 2.46 bits per heavy atom. The summed E-state index contributed by atoms with van der Waals surface area (Å²) in [7, 11) is 0. The van der Waals surface area contributed by atoms with E-state index in [9.17, 15) is 0 Å². The normalized spacial score (nSPS) is 12.9. The lowest BCUT2D eigenvalue weighted by Gasteiger charge is -2.11. The average molecular weight is 178 g/mol. The topological polar surface area (TPSA) is 38.9 Å². The lowest BCUT2D eigenvalue weighted by Crippen LogP contribution is -2.11. The largest absolute Gasteiger partial charge is 0.323 e. The Hall–Kier alpha value is -0.890. The Labute approximate surface area is 80.2 Å². The van der Waals surface area contributed by atoms with Gasteiger partial charge in [-0.05, 0) is 31.4 Å². The highest BCUT2D eigenvalue weighted by Crippen LogP contribution is 2.15. The Morgan fingerprint density at radius 2 is 2.00 bits per heavy atom. The maximum absolute atomic E-state index is 5.85. The van der Waals surface area contributed by atoms with Crippen LogP contribution in [0.1, 0.15) is 43.8 Å². The van der Waals surface area contributed by atoms with Crippen LogP contribution in [0, 0.1) is 0 Å². The molecule has 2 N–H and O–H groups in total. The predicted octanol–water partition coefficient (Wildman–Crippen LogP) is 2.23. The number of aromatic nitrogens is 1. The molecule has 13 heavy (non-hydrogen) atoms. The van der Waals surface area contributed by atoms with E-state index in [-0.39, 0.29) is 6.04 Å². The fraction of sp³-hybridized carbons (Fsp3) is 0.545. The summed E-state index contributed by atoms with van der Waals surface area (Å²) in [5.41, 5.74) is 9.31. The van der Waals surface area contributed by atoms with E-state index in [1.165, 1.54) is 5.56 Å². The maximum Gasteiger partial charge on any atom is 0.0603 e. The summed E-state index contributed by atoms with van der Waals surface area (Å²) >= 11 is 0. The van der Waals surface area contributed by atoms with Crippen LogP contribution in [0.5, 0.6) is 0 Å². The third kappa shape index (κ3) is 2.28. The molecular weight excluding hydrogens is 160 g/mol. The quantitative estimate of drug-likeness (QED) is 0.770. The van der Waals surface area contributed by atoms with E-state index in [2.05, 4.69) is 31.0 Å². The van der Waals surface area contributed by atoms with Gasteiger partial charge in [-0.1, -0.05) is 19.9 Å². The lowest BCUT2D eigenvalue weighted by molar-refractivity contribution is 0.751. The van der Waals surface area contributed by atoms with Crippen LogP contribution in [0.4, 0.5) is 0 Å². The van der Waals surface area contributed by atoms with Gasteiger partial charge in [0.2, 0.25) is 0 Å². The second kappa shape index (κ2) is 4.38. The van der Waals surface area contributed by atoms with Crippen molar-refractivity contribution < 1.29 is 0 Å². The summed E-state index contributed by atoms with van der Waals surface area (Å²) in [6.07, 6.45) is 1.98. The van der Waals surface area contributed by atoms with Crippen molar-refractivity contribution in [3.8, 4) is 0 Å². The highest BCUT2D eigenvalue weighted by atomic mass is 14.8. The van der Waals surface area contributed by atoms with E-state index in [1.807, 2.05) is 6.92 Å². The molecule has 1 unspecified atom stereocenters. The number of nitrogens with two attached hydrogens (primary N) is 1. The summed E-state index contributed by atoms with van der Waals surface area (Å²) in [6.45, 7) is 6.23. The van der Waals surface area contributed by atoms with Gasteiger partial charge in [-0.25, -0.2) is 0 Å². The van der Waals surface area contributed by atoms with Crippen LogP contribution in [-0.2, 0) is 12.8 Å². The van der Waals surface area contributed by atoms with Crippen LogP contribution in [-0.4, -0.2) is 4.98 Å². The fourth-order valence-electron chi connectivity index (χ4n) is 1.44. The number of hydrogen-bond donors (Lipinski definition) is 1. The van der Waals surface area contributed by atoms with Crippen molar-refractivity contribution in [2.24, 2.45) is 5.73 Å². The number of rotatable bonds is 3. The molecule has 0 spiro atoms. The molecule has 0 saturated carbocycles. The molecule has 72 valence electrons. The van der Waals surface area contributed by atoms with E-state index >= 15 is 0 Å². The molecule has 0 aromatic carbocycles. The van der Waals surface area contributed by atoms with Gasteiger partial charge in [0.25, 0.3) is 0 Å². The van der Waals surface area contributed by atoms with Gasteiger partial charge in [0.15, 0.2) is 0 Å². The second-order valence-corrected chi connectivity index (χ2v) is 3.34. The van der Waals surface area contributed by atoms with Gasteiger partial charge in [0.05, 0.1) is 5.69 Å². The van der Waals surface area contributed by atoms with Crippen LogP contribution >= 0.6 is 0 Å². The first-order valence-corrected chi connectivity index (χ1v) is 4.93. The van der Waals surface area contributed by atoms with Crippen molar-refractivity contribution >= 4 is 0 Å². The van der Waals surface area contributed by atoms with E-state index in [4.69, 9.17) is 5.73 Å². The third-order valence-electron chi connectivity index (χ3n) is 2.24. The standard InChI is InChI=1S/C11H18N2/c1-4-9-6-7-10(5-2)13-11(9)8(3)12/h6-8H,4-5,12H2,1-3H3. The molecule has 0 saturated heterocycles. The van der Waals surface area contributed by atoms with Crippen LogP contribution in [0.2, 0.25) is 0 Å². The summed E-state index contributed by atoms with van der Waals surface area (Å²) in [4.78, 5) is 4.54. The summed E-state index contributed by atoms with van der Waals surface area (Å²) < 4.78 is 0. The van der Waals surface area contributed by atoms with Crippen molar-refractivity contribution in [1.82, 2.24) is 4.98 Å². The van der Waals surface area contributed by atoms with Crippen molar-refractivity contribution in [3.05, 3.63) is 29.1 Å². The molecule has 1 heterocycles. The van der Waals surface area contributed by atoms with Crippen LogP contribution < -0.4 is 5.73 Å². The van der Waals surface area contributed by atoms with Gasteiger partial charge in [0, 0.05) is 11.7 Å². The predicted molar refractivity (Wildman–Crippen MR) is 55.6 cm³/mol. The molecule has 0 fully saturated rings. The van der Waals surface area contributed by atoms with Crippen molar-refractivity contribution in [2.45, 2.75) is 39.7 Å². The molecule has 0 aliphatic heterocycles. The van der Waals surface area contributed by atoms with E-state index in [0.29, 0.717) is 0 Å². The number of pyridine rings is 1. The Kier molecular flexibility index (Phi) is 3.43. The SMILES string of the molecule is CCc1ccc(CC)c(C(C)N)n1. The van der Waals surface area contributed by atoms with Crippen LogP contribution in [0.3, 0.4) is 0 Å². The molecule has 1 rings (SSSR count). The first-order chi connectivity index (χ1) is 6.19. The summed E-state index contributed by atoms with van der Waals surface area (Å²) in [5.74, 6) is 0. The molecule has 2 nitrogen and oxygen atoms in total. The van der Waals surface area contributed by atoms with Gasteiger partial charge in [0.1, 0.15) is 0 Å². The second-order valence-electron chi connectivity index (χ2n) is 3.34. The molecule has 0 bridgehead atoms. The Morgan fingerprint density at radius 1 is 1.31 bits per heavy atom. The fourth-order valence-corrected chi connectivity index (χ4v) is 1.44. The monoisotopic (exact) mass is 178 g/mol. The molecule has 0 aliphatic carbocycles. The molecule has 1 aromatic rings. The first kappa shape index (κ1) is 10.2. The highest BCUT2D eigenvalue weighted by Gasteiger charge is 2.07. The summed E-state index contributed by atoms with van der Waals surface area (Å²) in [5, 5.41) is 0. The van der Waals surface area contributed by atoms with Gasteiger partial charge in [-0.15, -0.1) is 0 Å². The van der Waals surface area contributed by atoms with Crippen LogP contribution in [0.15, 0.2) is 12.1 Å². The molecule has 2 heteroatoms. The molecule has 0 radical (unpaired) electrons. The minimum Gasteiger partial charge on any atom is -0.323 e. The van der Waals surface area contributed by atoms with E-state index in [0.717, 1.165) is 24.2 Å². The van der Waals surface area contributed by atoms with Gasteiger partial charge in [-0.3, -0.25) is 4.98 Å². The van der Waals surface area contributed by atoms with Crippen LogP contribution in [0.25, 0.3) is 0 Å². The van der Waals surface area contributed by atoms with Gasteiger partial charge < -0.3 is 5.73 Å². The van der Waals surface area contributed by atoms with Gasteiger partial charge in [-0.2, -0.15) is 0 Å². The lowest BCUT2D eigenvalue weighted by atomic mass is 10.1. The first-order valence-electron chi connectivity index (χ1n) is 4.93. The highest BCUT2D eigenvalue weighted by molar-refractivity contribution is 5.25. The number of hydrogen-bond acceptors (Lipinski definition) is 2. The molecule has 0 amide bonds. The van der Waals surface area contributed by atoms with Gasteiger partial charge >= 0.3 is 0 Å². The molecule has 0 aliphatic rings. The number of aryl methyl sites for hydroxylation is 2. The van der Waals surface area contributed by atoms with E-state index in [1.54, 1.807) is 0 Å². The Bertz CT molecular complexity index is 279. The Balaban J connectivity index is 3.10.